The maximum absolute atomic E-state index is 12.3. The predicted molar refractivity (Wildman–Crippen MR) is 91.8 cm³/mol. The van der Waals surface area contributed by atoms with Gasteiger partial charge in [0.15, 0.2) is 0 Å². The Balaban J connectivity index is 0.00000200. The Hall–Kier alpha value is -1.36. The molecule has 1 heterocycles. The number of aryl methyl sites for hydroxylation is 1. The van der Waals surface area contributed by atoms with Crippen LogP contribution in [-0.2, 0) is 0 Å². The zero-order valence-electron chi connectivity index (χ0n) is 12.3. The van der Waals surface area contributed by atoms with Gasteiger partial charge >= 0.3 is 0 Å². The Morgan fingerprint density at radius 3 is 2.62 bits per heavy atom. The highest BCUT2D eigenvalue weighted by atomic mass is 35.5. The van der Waals surface area contributed by atoms with Gasteiger partial charge in [-0.3, -0.25) is 9.78 Å². The van der Waals surface area contributed by atoms with Gasteiger partial charge in [-0.05, 0) is 33.0 Å². The van der Waals surface area contributed by atoms with E-state index in [0.717, 1.165) is 16.6 Å². The van der Waals surface area contributed by atoms with E-state index in [1.165, 1.54) is 0 Å². The molecule has 2 N–H and O–H groups in total. The predicted octanol–water partition coefficient (Wildman–Crippen LogP) is 2.72. The second-order valence-corrected chi connectivity index (χ2v) is 4.73. The number of fused-ring (bicyclic) bond motifs is 1. The summed E-state index contributed by atoms with van der Waals surface area (Å²) in [5.74, 6) is -0.0520. The van der Waals surface area contributed by atoms with Crippen LogP contribution in [0.15, 0.2) is 30.3 Å². The van der Waals surface area contributed by atoms with Crippen LogP contribution in [0.25, 0.3) is 10.9 Å². The van der Waals surface area contributed by atoms with Crippen molar-refractivity contribution < 1.29 is 4.79 Å². The fourth-order valence-corrected chi connectivity index (χ4v) is 1.94. The van der Waals surface area contributed by atoms with Crippen molar-refractivity contribution in [2.75, 3.05) is 13.6 Å². The molecule has 0 saturated carbocycles. The van der Waals surface area contributed by atoms with E-state index in [2.05, 4.69) is 15.6 Å². The van der Waals surface area contributed by atoms with Crippen LogP contribution < -0.4 is 10.6 Å². The zero-order chi connectivity index (χ0) is 13.8. The molecule has 2 rings (SSSR count). The Labute approximate surface area is 137 Å². The number of nitrogens with zero attached hydrogens (tertiary/aromatic N) is 1. The number of halogens is 2. The van der Waals surface area contributed by atoms with Crippen LogP contribution in [0.1, 0.15) is 23.0 Å². The Kier molecular flexibility index (Phi) is 8.25. The third-order valence-electron chi connectivity index (χ3n) is 3.15. The number of rotatable bonds is 4. The number of aromatic nitrogens is 1. The largest absolute Gasteiger partial charge is 0.350 e. The molecule has 0 bridgehead atoms. The summed E-state index contributed by atoms with van der Waals surface area (Å²) in [6.07, 6.45) is 0. The first-order valence-electron chi connectivity index (χ1n) is 6.43. The molecule has 21 heavy (non-hydrogen) atoms. The summed E-state index contributed by atoms with van der Waals surface area (Å²) in [6, 6.07) is 9.79. The minimum atomic E-state index is -0.0520. The van der Waals surface area contributed by atoms with Crippen molar-refractivity contribution in [3.63, 3.8) is 0 Å². The van der Waals surface area contributed by atoms with Crippen LogP contribution in [0.5, 0.6) is 0 Å². The number of nitrogens with one attached hydrogen (secondary N) is 2. The van der Waals surface area contributed by atoms with Gasteiger partial charge in [-0.2, -0.15) is 0 Å². The highest BCUT2D eigenvalue weighted by Crippen LogP contribution is 2.17. The average Bonchev–Trinajstić information content (AvgIpc) is 2.43. The standard InChI is InChI=1S/C15H19N3O.2ClH/c1-10-8-13(15(19)17-9-11(2)16-3)12-6-4-5-7-14(12)18-10;;/h4-8,11,16H,9H2,1-3H3,(H,17,19);2*1H. The zero-order valence-corrected chi connectivity index (χ0v) is 14.0. The Morgan fingerprint density at radius 2 is 1.95 bits per heavy atom. The third-order valence-corrected chi connectivity index (χ3v) is 3.15. The van der Waals surface area contributed by atoms with E-state index in [9.17, 15) is 4.79 Å². The number of benzene rings is 1. The van der Waals surface area contributed by atoms with Crippen LogP contribution in [0.4, 0.5) is 0 Å². The van der Waals surface area contributed by atoms with Gasteiger partial charge in [-0.1, -0.05) is 18.2 Å². The molecule has 0 spiro atoms. The van der Waals surface area contributed by atoms with Gasteiger partial charge in [0.2, 0.25) is 0 Å². The first-order valence-corrected chi connectivity index (χ1v) is 6.43. The molecule has 1 aromatic carbocycles. The Bertz CT molecular complexity index is 604. The molecule has 0 aliphatic heterocycles. The molecule has 0 aliphatic rings. The molecule has 1 atom stereocenters. The minimum absolute atomic E-state index is 0. The van der Waals surface area contributed by atoms with Crippen molar-refractivity contribution in [1.29, 1.82) is 0 Å². The van der Waals surface area contributed by atoms with Gasteiger partial charge in [0.05, 0.1) is 11.1 Å². The van der Waals surface area contributed by atoms with Crippen LogP contribution >= 0.6 is 24.8 Å². The molecule has 0 aliphatic carbocycles. The molecule has 4 nitrogen and oxygen atoms in total. The van der Waals surface area contributed by atoms with Crippen molar-refractivity contribution in [2.24, 2.45) is 0 Å². The highest BCUT2D eigenvalue weighted by Gasteiger charge is 2.12. The van der Waals surface area contributed by atoms with Crippen molar-refractivity contribution in [3.05, 3.63) is 41.6 Å². The van der Waals surface area contributed by atoms with Crippen molar-refractivity contribution in [3.8, 4) is 0 Å². The van der Waals surface area contributed by atoms with Gasteiger partial charge in [-0.15, -0.1) is 24.8 Å². The van der Waals surface area contributed by atoms with E-state index in [-0.39, 0.29) is 36.8 Å². The molecular formula is C15H21Cl2N3O. The summed E-state index contributed by atoms with van der Waals surface area (Å²) in [6.45, 7) is 4.53. The number of amides is 1. The molecule has 0 fully saturated rings. The lowest BCUT2D eigenvalue weighted by Crippen LogP contribution is -2.37. The van der Waals surface area contributed by atoms with E-state index in [1.807, 2.05) is 51.2 Å². The summed E-state index contributed by atoms with van der Waals surface area (Å²) in [5.41, 5.74) is 2.39. The van der Waals surface area contributed by atoms with Gasteiger partial charge in [0.25, 0.3) is 5.91 Å². The minimum Gasteiger partial charge on any atom is -0.350 e. The van der Waals surface area contributed by atoms with Crippen LogP contribution in [0.2, 0.25) is 0 Å². The number of carbonyl (C=O) groups is 1. The van der Waals surface area contributed by atoms with E-state index in [4.69, 9.17) is 0 Å². The summed E-state index contributed by atoms with van der Waals surface area (Å²) < 4.78 is 0. The highest BCUT2D eigenvalue weighted by molar-refractivity contribution is 6.06. The Morgan fingerprint density at radius 1 is 1.29 bits per heavy atom. The van der Waals surface area contributed by atoms with Crippen LogP contribution in [-0.4, -0.2) is 30.5 Å². The molecule has 0 saturated heterocycles. The molecule has 116 valence electrons. The summed E-state index contributed by atoms with van der Waals surface area (Å²) in [5, 5.41) is 6.92. The fourth-order valence-electron chi connectivity index (χ4n) is 1.94. The summed E-state index contributed by atoms with van der Waals surface area (Å²) in [7, 11) is 1.88. The first-order chi connectivity index (χ1) is 9.11. The smallest absolute Gasteiger partial charge is 0.252 e. The van der Waals surface area contributed by atoms with Crippen LogP contribution in [0.3, 0.4) is 0 Å². The first kappa shape index (κ1) is 19.6. The molecule has 6 heteroatoms. The van der Waals surface area contributed by atoms with E-state index in [1.54, 1.807) is 0 Å². The molecule has 1 unspecified atom stereocenters. The number of hydrogen-bond acceptors (Lipinski definition) is 3. The fraction of sp³-hybridized carbons (Fsp3) is 0.333. The SMILES string of the molecule is CNC(C)CNC(=O)c1cc(C)nc2ccccc12.Cl.Cl. The number of pyridine rings is 1. The lowest BCUT2D eigenvalue weighted by atomic mass is 10.1. The van der Waals surface area contributed by atoms with E-state index < -0.39 is 0 Å². The van der Waals surface area contributed by atoms with Crippen molar-refractivity contribution in [2.45, 2.75) is 19.9 Å². The van der Waals surface area contributed by atoms with Gasteiger partial charge < -0.3 is 10.6 Å². The van der Waals surface area contributed by atoms with Crippen LogP contribution in [0, 0.1) is 6.92 Å². The monoisotopic (exact) mass is 329 g/mol. The van der Waals surface area contributed by atoms with E-state index >= 15 is 0 Å². The lowest BCUT2D eigenvalue weighted by Gasteiger charge is -2.12. The quantitative estimate of drug-likeness (QED) is 0.906. The second-order valence-electron chi connectivity index (χ2n) is 4.73. The lowest BCUT2D eigenvalue weighted by molar-refractivity contribution is 0.0952. The van der Waals surface area contributed by atoms with Crippen molar-refractivity contribution in [1.82, 2.24) is 15.6 Å². The number of carbonyl (C=O) groups excluding carboxylic acids is 1. The van der Waals surface area contributed by atoms with Gasteiger partial charge in [0, 0.05) is 23.7 Å². The summed E-state index contributed by atoms with van der Waals surface area (Å²) in [4.78, 5) is 16.7. The molecular weight excluding hydrogens is 309 g/mol. The topological polar surface area (TPSA) is 54.0 Å². The molecule has 0 radical (unpaired) electrons. The van der Waals surface area contributed by atoms with Gasteiger partial charge in [-0.25, -0.2) is 0 Å². The van der Waals surface area contributed by atoms with Gasteiger partial charge in [0.1, 0.15) is 0 Å². The third kappa shape index (κ3) is 4.84. The van der Waals surface area contributed by atoms with Crippen molar-refractivity contribution >= 4 is 41.6 Å². The second kappa shape index (κ2) is 8.82. The summed E-state index contributed by atoms with van der Waals surface area (Å²) >= 11 is 0. The number of likely N-dealkylation sites (N-methyl/N-ethyl adjacent to an activating group) is 1. The number of para-hydroxylation sites is 1. The van der Waals surface area contributed by atoms with E-state index in [0.29, 0.717) is 12.1 Å². The maximum atomic E-state index is 12.3. The normalized spacial score (nSPS) is 11.2. The average molecular weight is 330 g/mol. The molecule has 1 aromatic heterocycles. The molecule has 2 aromatic rings. The molecule has 1 amide bonds. The maximum Gasteiger partial charge on any atom is 0.252 e. The number of hydrogen-bond donors (Lipinski definition) is 2.